The molecule has 3 fully saturated rings. The smallest absolute Gasteiger partial charge is 0.0320 e. The Balaban J connectivity index is 1.54. The molecule has 0 unspecified atom stereocenters. The minimum Gasteiger partial charge on any atom is -0.314 e. The quantitative estimate of drug-likeness (QED) is 0.643. The normalized spacial score (nSPS) is 30.8. The molecule has 0 spiro atoms. The van der Waals surface area contributed by atoms with Gasteiger partial charge in [0.05, 0.1) is 0 Å². The zero-order valence-electron chi connectivity index (χ0n) is 7.55. The molecule has 1 heterocycles. The predicted molar refractivity (Wildman–Crippen MR) is 49.0 cm³/mol. The number of rotatable bonds is 4. The van der Waals surface area contributed by atoms with Crippen LogP contribution < -0.4 is 10.6 Å². The fourth-order valence-corrected chi connectivity index (χ4v) is 2.25. The summed E-state index contributed by atoms with van der Waals surface area (Å²) >= 11 is 0. The Kier molecular flexibility index (Phi) is 1.66. The first-order valence-corrected chi connectivity index (χ1v) is 5.40. The summed E-state index contributed by atoms with van der Waals surface area (Å²) in [5.41, 5.74) is 0. The molecule has 0 radical (unpaired) electrons. The van der Waals surface area contributed by atoms with Crippen molar-refractivity contribution < 1.29 is 0 Å². The maximum absolute atomic E-state index is 3.81. The standard InChI is InChI=1S/C10H18N2/c1-2-7(1)10(8-3-4-8)12-9-5-11-6-9/h7-12H,1-6H2. The van der Waals surface area contributed by atoms with E-state index in [1.54, 1.807) is 0 Å². The average Bonchev–Trinajstić information content (AvgIpc) is 2.81. The van der Waals surface area contributed by atoms with Crippen molar-refractivity contribution in [3.8, 4) is 0 Å². The summed E-state index contributed by atoms with van der Waals surface area (Å²) < 4.78 is 0. The highest BCUT2D eigenvalue weighted by Gasteiger charge is 2.42. The van der Waals surface area contributed by atoms with Crippen LogP contribution in [0.2, 0.25) is 0 Å². The molecule has 0 amide bonds. The van der Waals surface area contributed by atoms with Crippen LogP contribution in [0.3, 0.4) is 0 Å². The topological polar surface area (TPSA) is 24.1 Å². The van der Waals surface area contributed by atoms with Crippen molar-refractivity contribution in [2.45, 2.75) is 37.8 Å². The van der Waals surface area contributed by atoms with Crippen LogP contribution in [0, 0.1) is 11.8 Å². The fourth-order valence-electron chi connectivity index (χ4n) is 2.25. The third-order valence-corrected chi connectivity index (χ3v) is 3.47. The Morgan fingerprint density at radius 1 is 1.00 bits per heavy atom. The van der Waals surface area contributed by atoms with Crippen molar-refractivity contribution in [2.24, 2.45) is 11.8 Å². The fraction of sp³-hybridized carbons (Fsp3) is 1.00. The van der Waals surface area contributed by atoms with E-state index in [9.17, 15) is 0 Å². The second-order valence-corrected chi connectivity index (χ2v) is 4.72. The van der Waals surface area contributed by atoms with E-state index >= 15 is 0 Å². The summed E-state index contributed by atoms with van der Waals surface area (Å²) in [7, 11) is 0. The van der Waals surface area contributed by atoms with Crippen LogP contribution in [0.25, 0.3) is 0 Å². The molecule has 0 atom stereocenters. The first-order valence-electron chi connectivity index (χ1n) is 5.40. The van der Waals surface area contributed by atoms with Gasteiger partial charge in [0.25, 0.3) is 0 Å². The van der Waals surface area contributed by atoms with Crippen LogP contribution in [0.15, 0.2) is 0 Å². The molecule has 0 bridgehead atoms. The molecule has 3 aliphatic rings. The maximum Gasteiger partial charge on any atom is 0.0320 e. The molecule has 2 N–H and O–H groups in total. The van der Waals surface area contributed by atoms with E-state index in [2.05, 4.69) is 10.6 Å². The maximum atomic E-state index is 3.81. The van der Waals surface area contributed by atoms with Crippen molar-refractivity contribution in [3.63, 3.8) is 0 Å². The monoisotopic (exact) mass is 166 g/mol. The van der Waals surface area contributed by atoms with Crippen LogP contribution in [-0.4, -0.2) is 25.2 Å². The molecule has 12 heavy (non-hydrogen) atoms. The summed E-state index contributed by atoms with van der Waals surface area (Å²) in [6.07, 6.45) is 5.98. The lowest BCUT2D eigenvalue weighted by Crippen LogP contribution is -2.58. The molecule has 0 aromatic heterocycles. The minimum atomic E-state index is 0.802. The molecule has 2 aliphatic carbocycles. The van der Waals surface area contributed by atoms with E-state index in [-0.39, 0.29) is 0 Å². The summed E-state index contributed by atoms with van der Waals surface area (Å²) in [4.78, 5) is 0. The SMILES string of the molecule is C1NCC1NC(C1CC1)C1CC1. The summed E-state index contributed by atoms with van der Waals surface area (Å²) in [5.74, 6) is 2.11. The van der Waals surface area contributed by atoms with Crippen molar-refractivity contribution in [1.29, 1.82) is 0 Å². The average molecular weight is 166 g/mol. The molecule has 1 saturated heterocycles. The number of nitrogens with one attached hydrogen (secondary N) is 2. The lowest BCUT2D eigenvalue weighted by Gasteiger charge is -2.32. The van der Waals surface area contributed by atoms with Gasteiger partial charge in [-0.1, -0.05) is 0 Å². The molecular weight excluding hydrogens is 148 g/mol. The molecule has 3 rings (SSSR count). The van der Waals surface area contributed by atoms with Crippen molar-refractivity contribution in [3.05, 3.63) is 0 Å². The Bertz CT molecular complexity index is 157. The van der Waals surface area contributed by atoms with Gasteiger partial charge >= 0.3 is 0 Å². The third-order valence-electron chi connectivity index (χ3n) is 3.47. The molecular formula is C10H18N2. The van der Waals surface area contributed by atoms with Crippen molar-refractivity contribution >= 4 is 0 Å². The van der Waals surface area contributed by atoms with Gasteiger partial charge in [-0.25, -0.2) is 0 Å². The van der Waals surface area contributed by atoms with Gasteiger partial charge in [0.1, 0.15) is 0 Å². The Morgan fingerprint density at radius 2 is 1.58 bits per heavy atom. The molecule has 2 saturated carbocycles. The molecule has 0 aromatic carbocycles. The number of hydrogen-bond acceptors (Lipinski definition) is 2. The van der Waals surface area contributed by atoms with Gasteiger partial charge in [-0.05, 0) is 37.5 Å². The van der Waals surface area contributed by atoms with Gasteiger partial charge in [0, 0.05) is 25.2 Å². The van der Waals surface area contributed by atoms with Gasteiger partial charge in [0.15, 0.2) is 0 Å². The lowest BCUT2D eigenvalue weighted by atomic mass is 10.0. The van der Waals surface area contributed by atoms with E-state index in [0.29, 0.717) is 0 Å². The van der Waals surface area contributed by atoms with E-state index < -0.39 is 0 Å². The summed E-state index contributed by atoms with van der Waals surface area (Å²) in [5, 5.41) is 7.14. The lowest BCUT2D eigenvalue weighted by molar-refractivity contribution is 0.293. The molecule has 2 nitrogen and oxygen atoms in total. The van der Waals surface area contributed by atoms with E-state index in [4.69, 9.17) is 0 Å². The van der Waals surface area contributed by atoms with Crippen LogP contribution >= 0.6 is 0 Å². The Morgan fingerprint density at radius 3 is 1.92 bits per heavy atom. The van der Waals surface area contributed by atoms with E-state index in [1.165, 1.54) is 38.8 Å². The minimum absolute atomic E-state index is 0.802. The van der Waals surface area contributed by atoms with Crippen LogP contribution in [0.4, 0.5) is 0 Å². The van der Waals surface area contributed by atoms with E-state index in [1.807, 2.05) is 0 Å². The van der Waals surface area contributed by atoms with Gasteiger partial charge < -0.3 is 10.6 Å². The van der Waals surface area contributed by atoms with Crippen molar-refractivity contribution in [1.82, 2.24) is 10.6 Å². The number of hydrogen-bond donors (Lipinski definition) is 2. The van der Waals surface area contributed by atoms with Crippen LogP contribution in [0.5, 0.6) is 0 Å². The van der Waals surface area contributed by atoms with Crippen molar-refractivity contribution in [2.75, 3.05) is 13.1 Å². The summed E-state index contributed by atoms with van der Waals surface area (Å²) in [6, 6.07) is 1.70. The Labute approximate surface area is 74.1 Å². The highest BCUT2D eigenvalue weighted by molar-refractivity contribution is 4.99. The van der Waals surface area contributed by atoms with Gasteiger partial charge in [-0.2, -0.15) is 0 Å². The molecule has 68 valence electrons. The zero-order valence-corrected chi connectivity index (χ0v) is 7.55. The molecule has 1 aliphatic heterocycles. The second kappa shape index (κ2) is 2.71. The molecule has 2 heteroatoms. The highest BCUT2D eigenvalue weighted by atomic mass is 15.1. The van der Waals surface area contributed by atoms with Gasteiger partial charge in [0.2, 0.25) is 0 Å². The first kappa shape index (κ1) is 7.34. The van der Waals surface area contributed by atoms with E-state index in [0.717, 1.165) is 23.9 Å². The van der Waals surface area contributed by atoms with Crippen LogP contribution in [-0.2, 0) is 0 Å². The largest absolute Gasteiger partial charge is 0.314 e. The summed E-state index contributed by atoms with van der Waals surface area (Å²) in [6.45, 7) is 2.41. The first-order chi connectivity index (χ1) is 5.93. The Hall–Kier alpha value is -0.0800. The zero-order chi connectivity index (χ0) is 7.97. The second-order valence-electron chi connectivity index (χ2n) is 4.72. The van der Waals surface area contributed by atoms with Crippen LogP contribution in [0.1, 0.15) is 25.7 Å². The predicted octanol–water partition coefficient (Wildman–Crippen LogP) is 0.736. The van der Waals surface area contributed by atoms with Gasteiger partial charge in [-0.15, -0.1) is 0 Å². The third kappa shape index (κ3) is 1.38. The molecule has 0 aromatic rings. The highest BCUT2D eigenvalue weighted by Crippen LogP contribution is 2.44. The van der Waals surface area contributed by atoms with Gasteiger partial charge in [-0.3, -0.25) is 0 Å².